The molecule has 3 aromatic heterocycles. The Morgan fingerprint density at radius 3 is 2.63 bits per heavy atom. The van der Waals surface area contributed by atoms with Crippen molar-refractivity contribution >= 4 is 0 Å². The molecule has 6 nitrogen and oxygen atoms in total. The second-order valence-electron chi connectivity index (χ2n) is 7.25. The van der Waals surface area contributed by atoms with E-state index in [1.807, 2.05) is 42.7 Å². The first-order valence-corrected chi connectivity index (χ1v) is 9.92. The first-order valence-electron chi connectivity index (χ1n) is 9.92. The van der Waals surface area contributed by atoms with Gasteiger partial charge in [0.05, 0.1) is 0 Å². The number of aromatic nitrogens is 3. The van der Waals surface area contributed by atoms with Gasteiger partial charge in [0.25, 0.3) is 0 Å². The van der Waals surface area contributed by atoms with E-state index in [1.165, 1.54) is 16.8 Å². The molecule has 1 aliphatic rings. The molecule has 0 N–H and O–H groups in total. The van der Waals surface area contributed by atoms with Crippen molar-refractivity contribution in [1.82, 2.24) is 19.4 Å². The summed E-state index contributed by atoms with van der Waals surface area (Å²) in [5, 5.41) is 0. The molecule has 0 radical (unpaired) electrons. The van der Waals surface area contributed by atoms with Crippen LogP contribution in [-0.2, 0) is 19.6 Å². The highest BCUT2D eigenvalue weighted by Gasteiger charge is 2.16. The first-order chi connectivity index (χ1) is 14.8. The molecule has 0 saturated heterocycles. The fourth-order valence-corrected chi connectivity index (χ4v) is 3.71. The number of fused-ring (bicyclic) bond motifs is 1. The Morgan fingerprint density at radius 1 is 0.833 bits per heavy atom. The lowest BCUT2D eigenvalue weighted by atomic mass is 10.1. The minimum Gasteiger partial charge on any atom is -0.454 e. The Hall–Kier alpha value is -3.64. The van der Waals surface area contributed by atoms with Gasteiger partial charge in [0.1, 0.15) is 5.82 Å². The summed E-state index contributed by atoms with van der Waals surface area (Å²) in [5.74, 6) is 2.54. The van der Waals surface area contributed by atoms with Crippen LogP contribution in [0.25, 0.3) is 5.82 Å². The van der Waals surface area contributed by atoms with Crippen LogP contribution >= 0.6 is 0 Å². The summed E-state index contributed by atoms with van der Waals surface area (Å²) in [4.78, 5) is 11.2. The standard InChI is InChI=1S/C24H22N4O2/c1-2-11-26-24(7-1)28-12-4-6-21(28)17-27(16-20-5-3-10-25-14-20)15-19-8-9-22-23(13-19)30-18-29-22/h1-14H,15-18H2. The molecule has 0 aliphatic carbocycles. The number of benzene rings is 1. The SMILES string of the molecule is c1ccc(-n2cccc2CN(Cc2cccnc2)Cc2ccc3c(c2)OCO3)nc1. The predicted molar refractivity (Wildman–Crippen MR) is 113 cm³/mol. The van der Waals surface area contributed by atoms with Crippen LogP contribution in [-0.4, -0.2) is 26.2 Å². The van der Waals surface area contributed by atoms with E-state index in [4.69, 9.17) is 9.47 Å². The fourth-order valence-electron chi connectivity index (χ4n) is 3.71. The molecule has 4 heterocycles. The lowest BCUT2D eigenvalue weighted by Crippen LogP contribution is -2.24. The van der Waals surface area contributed by atoms with Gasteiger partial charge in [-0.2, -0.15) is 0 Å². The molecule has 0 fully saturated rings. The highest BCUT2D eigenvalue weighted by molar-refractivity contribution is 5.44. The van der Waals surface area contributed by atoms with Gasteiger partial charge in [-0.25, -0.2) is 4.98 Å². The van der Waals surface area contributed by atoms with E-state index in [9.17, 15) is 0 Å². The third-order valence-corrected chi connectivity index (χ3v) is 5.09. The smallest absolute Gasteiger partial charge is 0.231 e. The van der Waals surface area contributed by atoms with Gasteiger partial charge in [0.2, 0.25) is 6.79 Å². The summed E-state index contributed by atoms with van der Waals surface area (Å²) >= 11 is 0. The maximum absolute atomic E-state index is 5.56. The van der Waals surface area contributed by atoms with Gasteiger partial charge in [0.15, 0.2) is 11.5 Å². The molecule has 0 amide bonds. The number of hydrogen-bond donors (Lipinski definition) is 0. The first kappa shape index (κ1) is 18.4. The van der Waals surface area contributed by atoms with Crippen LogP contribution in [0.5, 0.6) is 11.5 Å². The Balaban J connectivity index is 1.41. The summed E-state index contributed by atoms with van der Waals surface area (Å²) in [7, 11) is 0. The maximum atomic E-state index is 5.56. The van der Waals surface area contributed by atoms with Crippen molar-refractivity contribution in [2.45, 2.75) is 19.6 Å². The number of hydrogen-bond acceptors (Lipinski definition) is 5. The highest BCUT2D eigenvalue weighted by Crippen LogP contribution is 2.33. The molecule has 0 spiro atoms. The lowest BCUT2D eigenvalue weighted by molar-refractivity contribution is 0.174. The van der Waals surface area contributed by atoms with Gasteiger partial charge < -0.3 is 14.0 Å². The van der Waals surface area contributed by atoms with Gasteiger partial charge in [-0.3, -0.25) is 9.88 Å². The van der Waals surface area contributed by atoms with Crippen molar-refractivity contribution in [3.63, 3.8) is 0 Å². The molecule has 0 atom stereocenters. The fraction of sp³-hybridized carbons (Fsp3) is 0.167. The zero-order valence-corrected chi connectivity index (χ0v) is 16.5. The van der Waals surface area contributed by atoms with Gasteiger partial charge in [-0.1, -0.05) is 18.2 Å². The molecule has 0 bridgehead atoms. The number of nitrogens with zero attached hydrogens (tertiary/aromatic N) is 4. The van der Waals surface area contributed by atoms with Crippen LogP contribution in [0.15, 0.2) is 85.5 Å². The van der Waals surface area contributed by atoms with Crippen molar-refractivity contribution in [3.8, 4) is 17.3 Å². The Labute approximate surface area is 175 Å². The van der Waals surface area contributed by atoms with Crippen LogP contribution in [0, 0.1) is 0 Å². The minimum absolute atomic E-state index is 0.287. The number of pyridine rings is 2. The van der Waals surface area contributed by atoms with Crippen LogP contribution in [0.3, 0.4) is 0 Å². The molecule has 6 heteroatoms. The van der Waals surface area contributed by atoms with Gasteiger partial charge in [-0.15, -0.1) is 0 Å². The molecular weight excluding hydrogens is 376 g/mol. The van der Waals surface area contributed by atoms with E-state index in [0.29, 0.717) is 0 Å². The van der Waals surface area contributed by atoms with E-state index in [0.717, 1.165) is 37.0 Å². The van der Waals surface area contributed by atoms with Crippen molar-refractivity contribution < 1.29 is 9.47 Å². The Bertz CT molecular complexity index is 1110. The number of rotatable bonds is 7. The summed E-state index contributed by atoms with van der Waals surface area (Å²) in [6, 6.07) is 20.4. The quantitative estimate of drug-likeness (QED) is 0.467. The topological polar surface area (TPSA) is 52.4 Å². The summed E-state index contributed by atoms with van der Waals surface area (Å²) in [5.41, 5.74) is 3.53. The van der Waals surface area contributed by atoms with E-state index in [-0.39, 0.29) is 6.79 Å². The second-order valence-corrected chi connectivity index (χ2v) is 7.25. The largest absolute Gasteiger partial charge is 0.454 e. The Morgan fingerprint density at radius 2 is 1.77 bits per heavy atom. The van der Waals surface area contributed by atoms with Crippen LogP contribution in [0.1, 0.15) is 16.8 Å². The molecule has 1 aromatic carbocycles. The normalized spacial score (nSPS) is 12.4. The average molecular weight is 398 g/mol. The zero-order valence-electron chi connectivity index (χ0n) is 16.5. The van der Waals surface area contributed by atoms with Gasteiger partial charge >= 0.3 is 0 Å². The summed E-state index contributed by atoms with van der Waals surface area (Å²) in [6.07, 6.45) is 7.60. The minimum atomic E-state index is 0.287. The predicted octanol–water partition coefficient (Wildman–Crippen LogP) is 4.20. The monoisotopic (exact) mass is 398 g/mol. The van der Waals surface area contributed by atoms with Crippen LogP contribution < -0.4 is 9.47 Å². The molecular formula is C24H22N4O2. The van der Waals surface area contributed by atoms with Gasteiger partial charge in [-0.05, 0) is 53.6 Å². The highest BCUT2D eigenvalue weighted by atomic mass is 16.7. The molecule has 0 saturated carbocycles. The van der Waals surface area contributed by atoms with E-state index < -0.39 is 0 Å². The summed E-state index contributed by atoms with van der Waals surface area (Å²) in [6.45, 7) is 2.62. The third kappa shape index (κ3) is 4.04. The Kier molecular flexibility index (Phi) is 5.14. The molecule has 5 rings (SSSR count). The van der Waals surface area contributed by atoms with E-state index in [1.54, 1.807) is 6.20 Å². The molecule has 30 heavy (non-hydrogen) atoms. The average Bonchev–Trinajstić information content (AvgIpc) is 3.44. The zero-order chi connectivity index (χ0) is 20.2. The van der Waals surface area contributed by atoms with Crippen LogP contribution in [0.2, 0.25) is 0 Å². The van der Waals surface area contributed by atoms with Crippen molar-refractivity contribution in [2.75, 3.05) is 6.79 Å². The number of ether oxygens (including phenoxy) is 2. The van der Waals surface area contributed by atoms with Crippen LogP contribution in [0.4, 0.5) is 0 Å². The third-order valence-electron chi connectivity index (χ3n) is 5.09. The van der Waals surface area contributed by atoms with Gasteiger partial charge in [0, 0.05) is 50.1 Å². The molecule has 150 valence electrons. The van der Waals surface area contributed by atoms with E-state index in [2.05, 4.69) is 56.0 Å². The van der Waals surface area contributed by atoms with Crippen molar-refractivity contribution in [2.24, 2.45) is 0 Å². The molecule has 4 aromatic rings. The van der Waals surface area contributed by atoms with Crippen molar-refractivity contribution in [3.05, 3.63) is 102 Å². The van der Waals surface area contributed by atoms with E-state index >= 15 is 0 Å². The maximum Gasteiger partial charge on any atom is 0.231 e. The molecule has 1 aliphatic heterocycles. The molecule has 0 unspecified atom stereocenters. The van der Waals surface area contributed by atoms with Crippen molar-refractivity contribution in [1.29, 1.82) is 0 Å². The lowest BCUT2D eigenvalue weighted by Gasteiger charge is -2.23. The second kappa shape index (κ2) is 8.39. The summed E-state index contributed by atoms with van der Waals surface area (Å²) < 4.78 is 13.1.